The number of anilines is 1. The number of para-hydroxylation sites is 1. The van der Waals surface area contributed by atoms with Crippen LogP contribution in [0.5, 0.6) is 0 Å². The fourth-order valence-corrected chi connectivity index (χ4v) is 3.95. The van der Waals surface area contributed by atoms with Crippen LogP contribution < -0.4 is 5.32 Å². The summed E-state index contributed by atoms with van der Waals surface area (Å²) < 4.78 is 1.11. The first kappa shape index (κ1) is 14.4. The van der Waals surface area contributed by atoms with Crippen molar-refractivity contribution >= 4 is 39.8 Å². The summed E-state index contributed by atoms with van der Waals surface area (Å²) in [5.74, 6) is 1.87. The zero-order valence-electron chi connectivity index (χ0n) is 12.1. The minimum atomic E-state index is 0.874. The van der Waals surface area contributed by atoms with E-state index in [2.05, 4.69) is 46.9 Å². The minimum absolute atomic E-state index is 0.874. The van der Waals surface area contributed by atoms with Gasteiger partial charge in [-0.3, -0.25) is 0 Å². The van der Waals surface area contributed by atoms with Crippen molar-refractivity contribution in [3.05, 3.63) is 47.0 Å². The van der Waals surface area contributed by atoms with E-state index in [0.717, 1.165) is 33.7 Å². The molecule has 1 N–H and O–H groups in total. The standard InChI is InChI=1S/C16H17N3S2/c1-3-17-15-13(10-21-16-18-11(2)9-20-16)8-12-6-4-5-7-14(12)19-15/h4-9H,3,10H2,1-2H3,(H,17,19). The lowest BCUT2D eigenvalue weighted by molar-refractivity contribution is 1.14. The van der Waals surface area contributed by atoms with Gasteiger partial charge in [0.25, 0.3) is 0 Å². The van der Waals surface area contributed by atoms with Gasteiger partial charge < -0.3 is 5.32 Å². The molecule has 21 heavy (non-hydrogen) atoms. The third-order valence-electron chi connectivity index (χ3n) is 3.10. The van der Waals surface area contributed by atoms with Gasteiger partial charge in [0.2, 0.25) is 0 Å². The van der Waals surface area contributed by atoms with Crippen molar-refractivity contribution in [2.24, 2.45) is 0 Å². The number of hydrogen-bond acceptors (Lipinski definition) is 5. The molecule has 1 aromatic carbocycles. The molecule has 0 spiro atoms. The number of benzene rings is 1. The zero-order chi connectivity index (χ0) is 14.7. The molecule has 0 radical (unpaired) electrons. The van der Waals surface area contributed by atoms with Crippen molar-refractivity contribution in [2.45, 2.75) is 23.9 Å². The van der Waals surface area contributed by atoms with E-state index in [1.165, 1.54) is 10.9 Å². The second-order valence-electron chi connectivity index (χ2n) is 4.76. The number of aryl methyl sites for hydroxylation is 1. The summed E-state index contributed by atoms with van der Waals surface area (Å²) in [5, 5.41) is 6.64. The summed E-state index contributed by atoms with van der Waals surface area (Å²) in [6, 6.07) is 10.5. The summed E-state index contributed by atoms with van der Waals surface area (Å²) in [6.45, 7) is 5.00. The maximum Gasteiger partial charge on any atom is 0.150 e. The van der Waals surface area contributed by atoms with Gasteiger partial charge in [-0.05, 0) is 26.0 Å². The van der Waals surface area contributed by atoms with E-state index in [-0.39, 0.29) is 0 Å². The number of hydrogen-bond donors (Lipinski definition) is 1. The van der Waals surface area contributed by atoms with E-state index < -0.39 is 0 Å². The average Bonchev–Trinajstić information content (AvgIpc) is 2.91. The van der Waals surface area contributed by atoms with Crippen molar-refractivity contribution in [2.75, 3.05) is 11.9 Å². The van der Waals surface area contributed by atoms with E-state index in [4.69, 9.17) is 4.98 Å². The van der Waals surface area contributed by atoms with Crippen LogP contribution >= 0.6 is 23.1 Å². The topological polar surface area (TPSA) is 37.8 Å². The fraction of sp³-hybridized carbons (Fsp3) is 0.250. The van der Waals surface area contributed by atoms with Crippen molar-refractivity contribution in [3.63, 3.8) is 0 Å². The van der Waals surface area contributed by atoms with E-state index in [1.807, 2.05) is 13.0 Å². The number of pyridine rings is 1. The molecular weight excluding hydrogens is 298 g/mol. The van der Waals surface area contributed by atoms with Crippen LogP contribution in [0.3, 0.4) is 0 Å². The molecule has 3 rings (SSSR count). The molecule has 0 aliphatic heterocycles. The number of thiazole rings is 1. The molecule has 0 amide bonds. The molecule has 3 aromatic rings. The molecule has 0 saturated carbocycles. The first-order chi connectivity index (χ1) is 10.3. The Morgan fingerprint density at radius 2 is 2.10 bits per heavy atom. The molecule has 2 aromatic heterocycles. The van der Waals surface area contributed by atoms with E-state index in [1.54, 1.807) is 23.1 Å². The van der Waals surface area contributed by atoms with Crippen LogP contribution in [0, 0.1) is 6.92 Å². The monoisotopic (exact) mass is 315 g/mol. The average molecular weight is 315 g/mol. The van der Waals surface area contributed by atoms with Crippen LogP contribution in [-0.2, 0) is 5.75 Å². The van der Waals surface area contributed by atoms with Gasteiger partial charge in [-0.2, -0.15) is 0 Å². The van der Waals surface area contributed by atoms with Crippen LogP contribution in [0.4, 0.5) is 5.82 Å². The van der Waals surface area contributed by atoms with Crippen LogP contribution in [0.25, 0.3) is 10.9 Å². The summed E-state index contributed by atoms with van der Waals surface area (Å²) in [6.07, 6.45) is 0. The second-order valence-corrected chi connectivity index (χ2v) is 6.84. The Morgan fingerprint density at radius 3 is 2.86 bits per heavy atom. The Morgan fingerprint density at radius 1 is 1.24 bits per heavy atom. The van der Waals surface area contributed by atoms with E-state index >= 15 is 0 Å². The quantitative estimate of drug-likeness (QED) is 0.691. The van der Waals surface area contributed by atoms with Crippen molar-refractivity contribution in [1.82, 2.24) is 9.97 Å². The highest BCUT2D eigenvalue weighted by Gasteiger charge is 2.08. The van der Waals surface area contributed by atoms with Crippen molar-refractivity contribution < 1.29 is 0 Å². The predicted molar refractivity (Wildman–Crippen MR) is 92.3 cm³/mol. The SMILES string of the molecule is CCNc1nc2ccccc2cc1CSc1nc(C)cs1. The zero-order valence-corrected chi connectivity index (χ0v) is 13.7. The van der Waals surface area contributed by atoms with Gasteiger partial charge in [-0.15, -0.1) is 11.3 Å². The first-order valence-electron chi connectivity index (χ1n) is 6.93. The van der Waals surface area contributed by atoms with Gasteiger partial charge in [0.15, 0.2) is 0 Å². The predicted octanol–water partition coefficient (Wildman–Crippen LogP) is 4.72. The Kier molecular flexibility index (Phi) is 4.41. The van der Waals surface area contributed by atoms with Crippen molar-refractivity contribution in [1.29, 1.82) is 0 Å². The minimum Gasteiger partial charge on any atom is -0.370 e. The van der Waals surface area contributed by atoms with E-state index in [9.17, 15) is 0 Å². The van der Waals surface area contributed by atoms with Crippen LogP contribution in [0.1, 0.15) is 18.2 Å². The number of aromatic nitrogens is 2. The Hall–Kier alpha value is -1.59. The highest BCUT2D eigenvalue weighted by atomic mass is 32.2. The second kappa shape index (κ2) is 6.45. The molecule has 0 bridgehead atoms. The summed E-state index contributed by atoms with van der Waals surface area (Å²) in [4.78, 5) is 9.25. The third-order valence-corrected chi connectivity index (χ3v) is 5.28. The molecule has 5 heteroatoms. The van der Waals surface area contributed by atoms with Crippen LogP contribution in [-0.4, -0.2) is 16.5 Å². The number of nitrogens with zero attached hydrogens (tertiary/aromatic N) is 2. The molecule has 0 aliphatic rings. The normalized spacial score (nSPS) is 11.0. The molecule has 108 valence electrons. The summed E-state index contributed by atoms with van der Waals surface area (Å²) in [5.41, 5.74) is 3.35. The number of thioether (sulfide) groups is 1. The number of rotatable bonds is 5. The smallest absolute Gasteiger partial charge is 0.150 e. The van der Waals surface area contributed by atoms with Crippen LogP contribution in [0.15, 0.2) is 40.1 Å². The highest BCUT2D eigenvalue weighted by Crippen LogP contribution is 2.30. The first-order valence-corrected chi connectivity index (χ1v) is 8.80. The maximum absolute atomic E-state index is 4.74. The highest BCUT2D eigenvalue weighted by molar-refractivity contribution is 8.00. The number of fused-ring (bicyclic) bond motifs is 1. The molecule has 0 unspecified atom stereocenters. The molecule has 0 saturated heterocycles. The van der Waals surface area contributed by atoms with Gasteiger partial charge in [0.05, 0.1) is 5.52 Å². The van der Waals surface area contributed by atoms with Crippen LogP contribution in [0.2, 0.25) is 0 Å². The van der Waals surface area contributed by atoms with Gasteiger partial charge >= 0.3 is 0 Å². The van der Waals surface area contributed by atoms with E-state index in [0.29, 0.717) is 0 Å². The molecule has 3 nitrogen and oxygen atoms in total. The Labute approximate surface area is 132 Å². The Bertz CT molecular complexity index is 752. The third kappa shape index (κ3) is 3.36. The molecule has 0 aliphatic carbocycles. The van der Waals surface area contributed by atoms with Gasteiger partial charge in [0, 0.05) is 34.3 Å². The maximum atomic E-state index is 4.74. The fourth-order valence-electron chi connectivity index (χ4n) is 2.13. The lowest BCUT2D eigenvalue weighted by Crippen LogP contribution is -2.03. The molecule has 0 fully saturated rings. The number of nitrogens with one attached hydrogen (secondary N) is 1. The molecular formula is C16H17N3S2. The lowest BCUT2D eigenvalue weighted by Gasteiger charge is -2.10. The summed E-state index contributed by atoms with van der Waals surface area (Å²) in [7, 11) is 0. The Balaban J connectivity index is 1.89. The van der Waals surface area contributed by atoms with Gasteiger partial charge in [0.1, 0.15) is 10.2 Å². The van der Waals surface area contributed by atoms with Gasteiger partial charge in [-0.1, -0.05) is 30.0 Å². The van der Waals surface area contributed by atoms with Gasteiger partial charge in [-0.25, -0.2) is 9.97 Å². The molecule has 0 atom stereocenters. The largest absolute Gasteiger partial charge is 0.370 e. The molecule has 2 heterocycles. The van der Waals surface area contributed by atoms with Crippen molar-refractivity contribution in [3.8, 4) is 0 Å². The summed E-state index contributed by atoms with van der Waals surface area (Å²) >= 11 is 3.47. The lowest BCUT2D eigenvalue weighted by atomic mass is 10.1.